The summed E-state index contributed by atoms with van der Waals surface area (Å²) in [6.07, 6.45) is 0.949. The van der Waals surface area contributed by atoms with Gasteiger partial charge in [-0.25, -0.2) is 0 Å². The highest BCUT2D eigenvalue weighted by Gasteiger charge is 2.35. The number of carbonyl (C=O) groups excluding carboxylic acids is 1. The molecule has 0 aromatic carbocycles. The smallest absolute Gasteiger partial charge is 0.311 e. The van der Waals surface area contributed by atoms with Crippen LogP contribution in [-0.2, 0) is 4.79 Å². The molecule has 0 aliphatic carbocycles. The second kappa shape index (κ2) is 5.86. The average molecular weight is 267 g/mol. The third kappa shape index (κ3) is 2.94. The molecule has 0 unspecified atom stereocenters. The van der Waals surface area contributed by atoms with Crippen LogP contribution in [0.5, 0.6) is 0 Å². The molecule has 3 N–H and O–H groups in total. The van der Waals surface area contributed by atoms with Gasteiger partial charge in [-0.15, -0.1) is 0 Å². The number of aliphatic carboxylic acids is 1. The number of amides is 1. The molecule has 0 radical (unpaired) electrons. The maximum absolute atomic E-state index is 12.1. The molecule has 0 atom stereocenters. The zero-order valence-corrected chi connectivity index (χ0v) is 11.8. The normalized spacial score (nSPS) is 11.4. The van der Waals surface area contributed by atoms with Gasteiger partial charge in [-0.05, 0) is 26.7 Å². The SMILES string of the molecule is CCC(CC)(CNC(=O)c1c(C)n[nH]c1C)C(=O)O. The number of carboxylic acids is 1. The van der Waals surface area contributed by atoms with Gasteiger partial charge in [-0.2, -0.15) is 5.10 Å². The molecule has 0 saturated heterocycles. The lowest BCUT2D eigenvalue weighted by atomic mass is 9.82. The number of H-pyrrole nitrogens is 1. The highest BCUT2D eigenvalue weighted by atomic mass is 16.4. The van der Waals surface area contributed by atoms with E-state index in [1.807, 2.05) is 13.8 Å². The summed E-state index contributed by atoms with van der Waals surface area (Å²) in [4.78, 5) is 23.4. The van der Waals surface area contributed by atoms with Crippen LogP contribution in [0.15, 0.2) is 0 Å². The van der Waals surface area contributed by atoms with Crippen molar-refractivity contribution in [1.29, 1.82) is 0 Å². The van der Waals surface area contributed by atoms with E-state index >= 15 is 0 Å². The Labute approximate surface area is 112 Å². The summed E-state index contributed by atoms with van der Waals surface area (Å²) >= 11 is 0. The highest BCUT2D eigenvalue weighted by molar-refractivity contribution is 5.96. The summed E-state index contributed by atoms with van der Waals surface area (Å²) in [5, 5.41) is 18.7. The van der Waals surface area contributed by atoms with Gasteiger partial charge in [0.25, 0.3) is 5.91 Å². The molecule has 1 rings (SSSR count). The molecule has 0 bridgehead atoms. The average Bonchev–Trinajstić information content (AvgIpc) is 2.70. The number of carboxylic acid groups (broad SMARTS) is 1. The Kier molecular flexibility index (Phi) is 4.69. The van der Waals surface area contributed by atoms with Gasteiger partial charge in [0.1, 0.15) is 0 Å². The van der Waals surface area contributed by atoms with E-state index in [9.17, 15) is 14.7 Å². The monoisotopic (exact) mass is 267 g/mol. The van der Waals surface area contributed by atoms with E-state index in [1.165, 1.54) is 0 Å². The van der Waals surface area contributed by atoms with Crippen LogP contribution in [-0.4, -0.2) is 33.7 Å². The second-order valence-corrected chi connectivity index (χ2v) is 4.78. The van der Waals surface area contributed by atoms with E-state index in [1.54, 1.807) is 13.8 Å². The van der Waals surface area contributed by atoms with Crippen LogP contribution in [0.3, 0.4) is 0 Å². The molecule has 0 saturated carbocycles. The van der Waals surface area contributed by atoms with Crippen molar-refractivity contribution < 1.29 is 14.7 Å². The lowest BCUT2D eigenvalue weighted by molar-refractivity contribution is -0.149. The summed E-state index contributed by atoms with van der Waals surface area (Å²) in [5.74, 6) is -1.16. The summed E-state index contributed by atoms with van der Waals surface area (Å²) in [5.41, 5.74) is 0.889. The van der Waals surface area contributed by atoms with Crippen LogP contribution in [0.4, 0.5) is 0 Å². The lowest BCUT2D eigenvalue weighted by Crippen LogP contribution is -2.42. The number of hydrogen-bond donors (Lipinski definition) is 3. The number of carbonyl (C=O) groups is 2. The number of aromatic nitrogens is 2. The zero-order valence-electron chi connectivity index (χ0n) is 11.8. The Morgan fingerprint density at radius 3 is 2.26 bits per heavy atom. The molecule has 0 spiro atoms. The molecule has 0 fully saturated rings. The van der Waals surface area contributed by atoms with Crippen molar-refractivity contribution in [2.45, 2.75) is 40.5 Å². The lowest BCUT2D eigenvalue weighted by Gasteiger charge is -2.26. The van der Waals surface area contributed by atoms with Gasteiger partial charge in [0, 0.05) is 12.2 Å². The number of aryl methyl sites for hydroxylation is 2. The number of hydrogen-bond acceptors (Lipinski definition) is 3. The summed E-state index contributed by atoms with van der Waals surface area (Å²) < 4.78 is 0. The van der Waals surface area contributed by atoms with Gasteiger partial charge in [0.15, 0.2) is 0 Å². The fourth-order valence-electron chi connectivity index (χ4n) is 2.10. The van der Waals surface area contributed by atoms with Gasteiger partial charge >= 0.3 is 5.97 Å². The fourth-order valence-corrected chi connectivity index (χ4v) is 2.10. The van der Waals surface area contributed by atoms with Crippen molar-refractivity contribution in [2.75, 3.05) is 6.54 Å². The number of nitrogens with one attached hydrogen (secondary N) is 2. The quantitative estimate of drug-likeness (QED) is 0.730. The molecule has 0 aliphatic rings. The Morgan fingerprint density at radius 1 is 1.32 bits per heavy atom. The first-order chi connectivity index (χ1) is 8.88. The van der Waals surface area contributed by atoms with Crippen molar-refractivity contribution in [3.8, 4) is 0 Å². The molecule has 19 heavy (non-hydrogen) atoms. The molecule has 1 amide bonds. The summed E-state index contributed by atoms with van der Waals surface area (Å²) in [6.45, 7) is 7.26. The van der Waals surface area contributed by atoms with Crippen LogP contribution in [0, 0.1) is 19.3 Å². The van der Waals surface area contributed by atoms with Crippen LogP contribution < -0.4 is 5.32 Å². The van der Waals surface area contributed by atoms with Gasteiger partial charge in [0.05, 0.1) is 16.7 Å². The van der Waals surface area contributed by atoms with Crippen LogP contribution in [0.1, 0.15) is 48.4 Å². The standard InChI is InChI=1S/C13H21N3O3/c1-5-13(6-2,12(18)19)7-14-11(17)10-8(3)15-16-9(10)4/h5-7H2,1-4H3,(H,14,17)(H,15,16)(H,18,19). The Morgan fingerprint density at radius 2 is 1.89 bits per heavy atom. The topological polar surface area (TPSA) is 95.1 Å². The second-order valence-electron chi connectivity index (χ2n) is 4.78. The Bertz CT molecular complexity index is 456. The van der Waals surface area contributed by atoms with E-state index < -0.39 is 11.4 Å². The molecule has 1 heterocycles. The van der Waals surface area contributed by atoms with Crippen molar-refractivity contribution in [3.05, 3.63) is 17.0 Å². The van der Waals surface area contributed by atoms with E-state index in [4.69, 9.17) is 0 Å². The van der Waals surface area contributed by atoms with Gasteiger partial charge in [-0.1, -0.05) is 13.8 Å². The first-order valence-corrected chi connectivity index (χ1v) is 6.41. The van der Waals surface area contributed by atoms with E-state index in [2.05, 4.69) is 15.5 Å². The molecule has 1 aromatic rings. The molecule has 6 heteroatoms. The molecule has 106 valence electrons. The maximum Gasteiger partial charge on any atom is 0.311 e. The number of aromatic amines is 1. The zero-order chi connectivity index (χ0) is 14.6. The molecular weight excluding hydrogens is 246 g/mol. The minimum absolute atomic E-state index is 0.123. The van der Waals surface area contributed by atoms with Gasteiger partial charge in [0.2, 0.25) is 0 Å². The van der Waals surface area contributed by atoms with Crippen molar-refractivity contribution in [3.63, 3.8) is 0 Å². The number of nitrogens with zero attached hydrogens (tertiary/aromatic N) is 1. The predicted octanol–water partition coefficient (Wildman–Crippen LogP) is 1.65. The van der Waals surface area contributed by atoms with Crippen molar-refractivity contribution >= 4 is 11.9 Å². The Balaban J connectivity index is 2.81. The van der Waals surface area contributed by atoms with Crippen LogP contribution in [0.25, 0.3) is 0 Å². The molecule has 0 aliphatic heterocycles. The fraction of sp³-hybridized carbons (Fsp3) is 0.615. The van der Waals surface area contributed by atoms with E-state index in [-0.39, 0.29) is 12.5 Å². The third-order valence-corrected chi connectivity index (χ3v) is 3.75. The minimum atomic E-state index is -0.902. The largest absolute Gasteiger partial charge is 0.481 e. The first-order valence-electron chi connectivity index (χ1n) is 6.41. The third-order valence-electron chi connectivity index (χ3n) is 3.75. The minimum Gasteiger partial charge on any atom is -0.481 e. The highest BCUT2D eigenvalue weighted by Crippen LogP contribution is 2.26. The first kappa shape index (κ1) is 15.2. The van der Waals surface area contributed by atoms with Crippen molar-refractivity contribution in [1.82, 2.24) is 15.5 Å². The predicted molar refractivity (Wildman–Crippen MR) is 71.0 cm³/mol. The number of rotatable bonds is 6. The van der Waals surface area contributed by atoms with Gasteiger partial charge < -0.3 is 10.4 Å². The molecular formula is C13H21N3O3. The van der Waals surface area contributed by atoms with Crippen molar-refractivity contribution in [2.24, 2.45) is 5.41 Å². The van der Waals surface area contributed by atoms with Gasteiger partial charge in [-0.3, -0.25) is 14.7 Å². The maximum atomic E-state index is 12.1. The molecule has 6 nitrogen and oxygen atoms in total. The van der Waals surface area contributed by atoms with E-state index in [0.717, 1.165) is 0 Å². The molecule has 1 aromatic heterocycles. The summed E-state index contributed by atoms with van der Waals surface area (Å²) in [7, 11) is 0. The van der Waals surface area contributed by atoms with Crippen LogP contribution in [0.2, 0.25) is 0 Å². The van der Waals surface area contributed by atoms with Crippen LogP contribution >= 0.6 is 0 Å². The Hall–Kier alpha value is -1.85. The summed E-state index contributed by atoms with van der Waals surface area (Å²) in [6, 6.07) is 0. The van der Waals surface area contributed by atoms with E-state index in [0.29, 0.717) is 29.8 Å².